The van der Waals surface area contributed by atoms with Gasteiger partial charge in [0.1, 0.15) is 0 Å². The molecule has 5 aromatic carbocycles. The average Bonchev–Trinajstić information content (AvgIpc) is 3.90. The fourth-order valence-corrected chi connectivity index (χ4v) is 15.6. The number of aryl methyl sites for hydroxylation is 1. The van der Waals surface area contributed by atoms with Crippen LogP contribution in [-0.4, -0.2) is 6.71 Å². The van der Waals surface area contributed by atoms with Crippen molar-refractivity contribution in [3.05, 3.63) is 125 Å². The fourth-order valence-electron chi connectivity index (χ4n) is 15.6. The smallest absolute Gasteiger partial charge is 0.252 e. The van der Waals surface area contributed by atoms with Gasteiger partial charge in [0.05, 0.1) is 0 Å². The fraction of sp³-hybridized carbons (Fsp3) is 0.492. The van der Waals surface area contributed by atoms with E-state index in [9.17, 15) is 0 Å². The van der Waals surface area contributed by atoms with Crippen molar-refractivity contribution in [1.29, 1.82) is 0 Å². The van der Waals surface area contributed by atoms with Crippen molar-refractivity contribution in [3.8, 4) is 0 Å². The molecule has 4 aliphatic carbocycles. The first kappa shape index (κ1) is 40.5. The number of hydrogen-bond donors (Lipinski definition) is 0. The van der Waals surface area contributed by atoms with Gasteiger partial charge in [-0.25, -0.2) is 0 Å². The average molecular weight is 819 g/mol. The Morgan fingerprint density at radius 1 is 0.500 bits per heavy atom. The van der Waals surface area contributed by atoms with Gasteiger partial charge in [-0.3, -0.25) is 0 Å². The van der Waals surface area contributed by atoms with Crippen LogP contribution in [0.4, 0.5) is 34.1 Å². The maximum Gasteiger partial charge on any atom is 0.252 e. The van der Waals surface area contributed by atoms with Gasteiger partial charge in [0, 0.05) is 34.1 Å². The van der Waals surface area contributed by atoms with Crippen molar-refractivity contribution < 1.29 is 0 Å². The summed E-state index contributed by atoms with van der Waals surface area (Å²) in [5.41, 5.74) is 20.6. The van der Waals surface area contributed by atoms with E-state index in [0.717, 1.165) is 11.8 Å². The first-order chi connectivity index (χ1) is 29.1. The van der Waals surface area contributed by atoms with Crippen molar-refractivity contribution in [2.24, 2.45) is 33.5 Å². The molecular formula is C59H71BN2. The summed E-state index contributed by atoms with van der Waals surface area (Å²) < 4.78 is 0. The van der Waals surface area contributed by atoms with Crippen LogP contribution in [0, 0.1) is 40.4 Å². The van der Waals surface area contributed by atoms with E-state index in [1.54, 1.807) is 5.56 Å². The van der Waals surface area contributed by atoms with Crippen LogP contribution in [0.2, 0.25) is 0 Å². The molecule has 4 bridgehead atoms. The van der Waals surface area contributed by atoms with Gasteiger partial charge in [0.2, 0.25) is 0 Å². The van der Waals surface area contributed by atoms with Gasteiger partial charge in [0.25, 0.3) is 6.71 Å². The molecule has 0 amide bonds. The van der Waals surface area contributed by atoms with Crippen molar-refractivity contribution in [3.63, 3.8) is 0 Å². The molecule has 0 radical (unpaired) electrons. The molecule has 3 heteroatoms. The number of nitrogens with zero attached hydrogens (tertiary/aromatic N) is 2. The Morgan fingerprint density at radius 2 is 0.935 bits per heavy atom. The molecular weight excluding hydrogens is 747 g/mol. The number of anilines is 6. The summed E-state index contributed by atoms with van der Waals surface area (Å²) in [5.74, 6) is 2.75. The van der Waals surface area contributed by atoms with Crippen LogP contribution in [0.1, 0.15) is 161 Å². The van der Waals surface area contributed by atoms with Crippen LogP contribution >= 0.6 is 0 Å². The minimum absolute atomic E-state index is 0.0177. The van der Waals surface area contributed by atoms with Gasteiger partial charge >= 0.3 is 0 Å². The molecule has 5 aromatic rings. The van der Waals surface area contributed by atoms with E-state index in [2.05, 4.69) is 197 Å². The number of benzene rings is 5. The van der Waals surface area contributed by atoms with Crippen LogP contribution in [0.5, 0.6) is 0 Å². The molecule has 320 valence electrons. The summed E-state index contributed by atoms with van der Waals surface area (Å²) in [6.45, 7) is 32.0. The highest BCUT2D eigenvalue weighted by Gasteiger charge is 2.61. The van der Waals surface area contributed by atoms with E-state index in [-0.39, 0.29) is 23.0 Å². The highest BCUT2D eigenvalue weighted by Crippen LogP contribution is 2.71. The molecule has 0 N–H and O–H groups in total. The Labute approximate surface area is 375 Å². The maximum atomic E-state index is 2.71. The van der Waals surface area contributed by atoms with E-state index in [1.807, 2.05) is 0 Å². The summed E-state index contributed by atoms with van der Waals surface area (Å²) in [6.07, 6.45) is 8.19. The predicted octanol–water partition coefficient (Wildman–Crippen LogP) is 14.5. The second kappa shape index (κ2) is 12.9. The first-order valence-electron chi connectivity index (χ1n) is 24.3. The monoisotopic (exact) mass is 819 g/mol. The van der Waals surface area contributed by atoms with Gasteiger partial charge in [-0.15, -0.1) is 0 Å². The quantitative estimate of drug-likeness (QED) is 0.163. The molecule has 6 unspecified atom stereocenters. The van der Waals surface area contributed by atoms with Crippen LogP contribution in [0.15, 0.2) is 97.1 Å². The molecule has 0 saturated heterocycles. The van der Waals surface area contributed by atoms with Crippen LogP contribution in [-0.2, 0) is 10.8 Å². The Hall–Kier alpha value is -4.24. The van der Waals surface area contributed by atoms with E-state index >= 15 is 0 Å². The molecule has 6 atom stereocenters. The first-order valence-corrected chi connectivity index (χ1v) is 24.3. The van der Waals surface area contributed by atoms with Crippen LogP contribution < -0.4 is 26.2 Å². The third-order valence-corrected chi connectivity index (χ3v) is 18.4. The van der Waals surface area contributed by atoms with E-state index in [4.69, 9.17) is 0 Å². The third-order valence-electron chi connectivity index (χ3n) is 18.4. The maximum absolute atomic E-state index is 2.71. The Kier molecular flexibility index (Phi) is 8.46. The summed E-state index contributed by atoms with van der Waals surface area (Å²) in [5, 5.41) is 0. The minimum Gasteiger partial charge on any atom is -0.311 e. The summed E-state index contributed by atoms with van der Waals surface area (Å²) >= 11 is 0. The zero-order valence-corrected chi connectivity index (χ0v) is 40.3. The van der Waals surface area contributed by atoms with Crippen molar-refractivity contribution in [2.45, 2.75) is 151 Å². The van der Waals surface area contributed by atoms with Gasteiger partial charge in [-0.1, -0.05) is 132 Å². The number of hydrogen-bond acceptors (Lipinski definition) is 2. The van der Waals surface area contributed by atoms with Gasteiger partial charge in [0.15, 0.2) is 0 Å². The lowest BCUT2D eigenvalue weighted by molar-refractivity contribution is 0.137. The third kappa shape index (κ3) is 5.67. The topological polar surface area (TPSA) is 6.48 Å². The Morgan fingerprint density at radius 3 is 1.42 bits per heavy atom. The second-order valence-electron chi connectivity index (χ2n) is 25.2. The van der Waals surface area contributed by atoms with E-state index in [1.165, 1.54) is 111 Å². The van der Waals surface area contributed by atoms with E-state index in [0.29, 0.717) is 28.1 Å². The Bertz CT molecular complexity index is 2630. The van der Waals surface area contributed by atoms with Crippen molar-refractivity contribution in [1.82, 2.24) is 0 Å². The van der Waals surface area contributed by atoms with Crippen LogP contribution in [0.25, 0.3) is 0 Å². The second-order valence-corrected chi connectivity index (χ2v) is 25.2. The largest absolute Gasteiger partial charge is 0.311 e. The minimum atomic E-state index is 0.0177. The molecule has 11 rings (SSSR count). The normalized spacial score (nSPS) is 28.6. The molecule has 2 aliphatic heterocycles. The molecule has 0 aromatic heterocycles. The molecule has 2 nitrogen and oxygen atoms in total. The molecule has 0 spiro atoms. The Balaban J connectivity index is 1.15. The number of rotatable bonds is 4. The molecule has 2 heterocycles. The highest BCUT2D eigenvalue weighted by atomic mass is 15.2. The number of fused-ring (bicyclic) bond motifs is 8. The van der Waals surface area contributed by atoms with Gasteiger partial charge in [-0.2, -0.15) is 0 Å². The highest BCUT2D eigenvalue weighted by molar-refractivity contribution is 7.00. The lowest BCUT2D eigenvalue weighted by Crippen LogP contribution is -2.61. The SMILES string of the molecule is Cc1cc2c3c(c1)N(c1ccc(C(C)(C)C)cc1)c1ccc(C(C)(C)C)cc1B3c1cc(C3C4(C)CCC(C4)C3(C)C)ccc1N2c1ccc(C2C3(C)CCC(C3)C2(C)C)cc1. The summed E-state index contributed by atoms with van der Waals surface area (Å²) in [6, 6.07) is 39.7. The molecule has 4 fully saturated rings. The van der Waals surface area contributed by atoms with Crippen molar-refractivity contribution >= 4 is 57.2 Å². The standard InChI is InChI=1S/C59H71BN2/c1-36-30-49-51-50(31-36)62(44-22-17-39(18-23-44)54(2,3)4)48-25-19-40(55(5,6)7)33-46(48)60(51)45-32-38(53-57(10,11)42-27-29-59(53,13)35-42)16-24-47(45)61(49)43-20-14-37(15-21-43)52-56(8,9)41-26-28-58(52,12)34-41/h14-25,30-33,41-42,52-53H,26-29,34-35H2,1-13H3. The molecule has 4 saturated carbocycles. The van der Waals surface area contributed by atoms with Gasteiger partial charge in [-0.05, 0) is 194 Å². The lowest BCUT2D eigenvalue weighted by Gasteiger charge is -2.46. The van der Waals surface area contributed by atoms with Crippen molar-refractivity contribution in [2.75, 3.05) is 9.80 Å². The molecule has 62 heavy (non-hydrogen) atoms. The summed E-state index contributed by atoms with van der Waals surface area (Å²) in [4.78, 5) is 5.26. The van der Waals surface area contributed by atoms with Crippen LogP contribution in [0.3, 0.4) is 0 Å². The zero-order valence-electron chi connectivity index (χ0n) is 40.3. The lowest BCUT2D eigenvalue weighted by atomic mass is 9.33. The summed E-state index contributed by atoms with van der Waals surface area (Å²) in [7, 11) is 0. The van der Waals surface area contributed by atoms with Gasteiger partial charge < -0.3 is 9.80 Å². The molecule has 6 aliphatic rings. The predicted molar refractivity (Wildman–Crippen MR) is 267 cm³/mol. The van der Waals surface area contributed by atoms with E-state index < -0.39 is 0 Å². The zero-order chi connectivity index (χ0) is 43.7.